The smallest absolute Gasteiger partial charge is 0.336 e. The van der Waals surface area contributed by atoms with E-state index in [1.165, 1.54) is 0 Å². The van der Waals surface area contributed by atoms with E-state index in [0.717, 1.165) is 5.56 Å². The van der Waals surface area contributed by atoms with Crippen molar-refractivity contribution in [3.8, 4) is 11.5 Å². The Morgan fingerprint density at radius 1 is 1.47 bits per heavy atom. The summed E-state index contributed by atoms with van der Waals surface area (Å²) in [7, 11) is 0. The van der Waals surface area contributed by atoms with Crippen LogP contribution in [-0.4, -0.2) is 36.6 Å². The van der Waals surface area contributed by atoms with Gasteiger partial charge in [0.25, 0.3) is 0 Å². The zero-order chi connectivity index (χ0) is 13.8. The molecule has 0 amide bonds. The molecule has 0 saturated carbocycles. The number of ether oxygens (including phenoxy) is 3. The van der Waals surface area contributed by atoms with Gasteiger partial charge in [0, 0.05) is 6.04 Å². The molecule has 1 aromatic carbocycles. The number of esters is 1. The second kappa shape index (κ2) is 5.90. The van der Waals surface area contributed by atoms with Crippen molar-refractivity contribution in [3.05, 3.63) is 23.8 Å². The average molecular weight is 267 g/mol. The second-order valence-electron chi connectivity index (χ2n) is 4.25. The van der Waals surface area contributed by atoms with Crippen LogP contribution in [0.5, 0.6) is 11.5 Å². The van der Waals surface area contributed by atoms with Crippen LogP contribution in [0.2, 0.25) is 0 Å². The summed E-state index contributed by atoms with van der Waals surface area (Å²) in [6.07, 6.45) is -0.984. The van der Waals surface area contributed by atoms with Crippen LogP contribution < -0.4 is 15.2 Å². The highest BCUT2D eigenvalue weighted by Crippen LogP contribution is 2.32. The lowest BCUT2D eigenvalue weighted by Crippen LogP contribution is -2.42. The summed E-state index contributed by atoms with van der Waals surface area (Å²) < 4.78 is 15.2. The molecule has 19 heavy (non-hydrogen) atoms. The highest BCUT2D eigenvalue weighted by atomic mass is 16.7. The number of rotatable bonds is 5. The zero-order valence-electron chi connectivity index (χ0n) is 10.7. The number of carbonyl (C=O) groups excluding carboxylic acids is 1. The molecular weight excluding hydrogens is 250 g/mol. The molecule has 104 valence electrons. The molecule has 1 aliphatic rings. The van der Waals surface area contributed by atoms with Gasteiger partial charge in [-0.15, -0.1) is 0 Å². The van der Waals surface area contributed by atoms with Crippen LogP contribution in [0.1, 0.15) is 12.5 Å². The maximum absolute atomic E-state index is 11.4. The normalized spacial score (nSPS) is 15.9. The quantitative estimate of drug-likeness (QED) is 0.741. The number of fused-ring (bicyclic) bond motifs is 1. The van der Waals surface area contributed by atoms with E-state index in [-0.39, 0.29) is 13.4 Å². The summed E-state index contributed by atoms with van der Waals surface area (Å²) in [6, 6.07) is 4.67. The molecule has 1 aromatic rings. The highest BCUT2D eigenvalue weighted by Gasteiger charge is 2.25. The van der Waals surface area contributed by atoms with Crippen LogP contribution in [0.4, 0.5) is 0 Å². The predicted molar refractivity (Wildman–Crippen MR) is 66.9 cm³/mol. The molecular formula is C13H17NO5. The van der Waals surface area contributed by atoms with Gasteiger partial charge in [0.1, 0.15) is 0 Å². The summed E-state index contributed by atoms with van der Waals surface area (Å²) in [5.74, 6) is 0.634. The Labute approximate surface area is 111 Å². The van der Waals surface area contributed by atoms with E-state index in [4.69, 9.17) is 19.9 Å². The SMILES string of the molecule is CCOC(=O)C(O)C(N)Cc1ccc2c(c1)OCO2. The van der Waals surface area contributed by atoms with Crippen molar-refractivity contribution in [2.75, 3.05) is 13.4 Å². The topological polar surface area (TPSA) is 91.0 Å². The fourth-order valence-electron chi connectivity index (χ4n) is 1.85. The third-order valence-electron chi connectivity index (χ3n) is 2.84. The van der Waals surface area contributed by atoms with Crippen molar-refractivity contribution >= 4 is 5.97 Å². The van der Waals surface area contributed by atoms with Crippen molar-refractivity contribution in [3.63, 3.8) is 0 Å². The molecule has 0 bridgehead atoms. The number of carbonyl (C=O) groups is 1. The molecule has 0 saturated heterocycles. The van der Waals surface area contributed by atoms with E-state index in [1.807, 2.05) is 6.07 Å². The Balaban J connectivity index is 1.98. The van der Waals surface area contributed by atoms with Gasteiger partial charge in [-0.25, -0.2) is 4.79 Å². The van der Waals surface area contributed by atoms with Crippen molar-refractivity contribution in [1.29, 1.82) is 0 Å². The lowest BCUT2D eigenvalue weighted by atomic mass is 10.0. The number of hydrogen-bond donors (Lipinski definition) is 2. The lowest BCUT2D eigenvalue weighted by Gasteiger charge is -2.17. The summed E-state index contributed by atoms with van der Waals surface area (Å²) >= 11 is 0. The number of benzene rings is 1. The van der Waals surface area contributed by atoms with Gasteiger partial charge in [-0.1, -0.05) is 6.07 Å². The summed E-state index contributed by atoms with van der Waals surface area (Å²) in [6.45, 7) is 2.09. The van der Waals surface area contributed by atoms with Crippen molar-refractivity contribution in [2.45, 2.75) is 25.5 Å². The standard InChI is InChI=1S/C13H17NO5/c1-2-17-13(16)12(15)9(14)5-8-3-4-10-11(6-8)19-7-18-10/h3-4,6,9,12,15H,2,5,7,14H2,1H3. The van der Waals surface area contributed by atoms with Gasteiger partial charge in [0.15, 0.2) is 17.6 Å². The molecule has 2 unspecified atom stereocenters. The minimum absolute atomic E-state index is 0.205. The molecule has 0 spiro atoms. The Morgan fingerprint density at radius 3 is 2.95 bits per heavy atom. The monoisotopic (exact) mass is 267 g/mol. The van der Waals surface area contributed by atoms with Crippen LogP contribution >= 0.6 is 0 Å². The van der Waals surface area contributed by atoms with Crippen molar-refractivity contribution in [2.24, 2.45) is 5.73 Å². The summed E-state index contributed by atoms with van der Waals surface area (Å²) in [5, 5.41) is 9.72. The molecule has 1 aliphatic heterocycles. The molecule has 2 atom stereocenters. The van der Waals surface area contributed by atoms with Gasteiger partial charge >= 0.3 is 5.97 Å². The summed E-state index contributed by atoms with van der Waals surface area (Å²) in [5.41, 5.74) is 6.66. The van der Waals surface area contributed by atoms with Gasteiger partial charge in [-0.3, -0.25) is 0 Å². The van der Waals surface area contributed by atoms with Crippen LogP contribution in [0.25, 0.3) is 0 Å². The average Bonchev–Trinajstić information content (AvgIpc) is 2.85. The van der Waals surface area contributed by atoms with Crippen LogP contribution in [0.3, 0.4) is 0 Å². The van der Waals surface area contributed by atoms with Gasteiger partial charge in [-0.05, 0) is 31.0 Å². The van der Waals surface area contributed by atoms with Crippen LogP contribution in [0.15, 0.2) is 18.2 Å². The maximum atomic E-state index is 11.4. The molecule has 0 aliphatic carbocycles. The van der Waals surface area contributed by atoms with Crippen LogP contribution in [0, 0.1) is 0 Å². The van der Waals surface area contributed by atoms with Crippen molar-refractivity contribution in [1.82, 2.24) is 0 Å². The van der Waals surface area contributed by atoms with Crippen LogP contribution in [-0.2, 0) is 16.0 Å². The first-order chi connectivity index (χ1) is 9.11. The molecule has 3 N–H and O–H groups in total. The number of aliphatic hydroxyl groups is 1. The lowest BCUT2D eigenvalue weighted by molar-refractivity contribution is -0.154. The molecule has 1 heterocycles. The minimum Gasteiger partial charge on any atom is -0.464 e. The molecule has 0 aromatic heterocycles. The largest absolute Gasteiger partial charge is 0.464 e. The number of hydrogen-bond acceptors (Lipinski definition) is 6. The predicted octanol–water partition coefficient (Wildman–Crippen LogP) is 0.209. The van der Waals surface area contributed by atoms with E-state index in [9.17, 15) is 9.90 Å². The van der Waals surface area contributed by atoms with Crippen molar-refractivity contribution < 1.29 is 24.1 Å². The van der Waals surface area contributed by atoms with E-state index < -0.39 is 18.1 Å². The third-order valence-corrected chi connectivity index (χ3v) is 2.84. The van der Waals surface area contributed by atoms with E-state index in [2.05, 4.69) is 0 Å². The first-order valence-corrected chi connectivity index (χ1v) is 6.10. The molecule has 0 fully saturated rings. The molecule has 6 heteroatoms. The zero-order valence-corrected chi connectivity index (χ0v) is 10.7. The summed E-state index contributed by atoms with van der Waals surface area (Å²) in [4.78, 5) is 11.4. The van der Waals surface area contributed by atoms with Gasteiger partial charge in [0.05, 0.1) is 6.61 Å². The number of aliphatic hydroxyl groups excluding tert-OH is 1. The third kappa shape index (κ3) is 3.15. The Bertz CT molecular complexity index is 462. The minimum atomic E-state index is -1.33. The first kappa shape index (κ1) is 13.6. The molecule has 0 radical (unpaired) electrons. The maximum Gasteiger partial charge on any atom is 0.336 e. The first-order valence-electron chi connectivity index (χ1n) is 6.10. The van der Waals surface area contributed by atoms with E-state index in [0.29, 0.717) is 17.9 Å². The molecule has 6 nitrogen and oxygen atoms in total. The Morgan fingerprint density at radius 2 is 2.21 bits per heavy atom. The second-order valence-corrected chi connectivity index (χ2v) is 4.25. The molecule has 2 rings (SSSR count). The number of nitrogens with two attached hydrogens (primary N) is 1. The van der Waals surface area contributed by atoms with Gasteiger partial charge < -0.3 is 25.1 Å². The Hall–Kier alpha value is -1.79. The van der Waals surface area contributed by atoms with E-state index >= 15 is 0 Å². The fraction of sp³-hybridized carbons (Fsp3) is 0.462. The Kier molecular flexibility index (Phi) is 4.24. The van der Waals surface area contributed by atoms with Gasteiger partial charge in [-0.2, -0.15) is 0 Å². The highest BCUT2D eigenvalue weighted by molar-refractivity contribution is 5.75. The van der Waals surface area contributed by atoms with E-state index in [1.54, 1.807) is 19.1 Å². The fourth-order valence-corrected chi connectivity index (χ4v) is 1.85. The van der Waals surface area contributed by atoms with Gasteiger partial charge in [0.2, 0.25) is 6.79 Å².